The first-order chi connectivity index (χ1) is 6.33. The number of hydrogen-bond acceptors (Lipinski definition) is 1. The van der Waals surface area contributed by atoms with Crippen LogP contribution in [0, 0.1) is 17.8 Å². The van der Waals surface area contributed by atoms with Crippen LogP contribution in [0.1, 0.15) is 39.0 Å². The van der Waals surface area contributed by atoms with Crippen LogP contribution in [0.3, 0.4) is 0 Å². The van der Waals surface area contributed by atoms with Crippen LogP contribution in [0.2, 0.25) is 0 Å². The van der Waals surface area contributed by atoms with E-state index in [9.17, 15) is 5.11 Å². The molecule has 1 nitrogen and oxygen atoms in total. The molecular formula is C12H20O. The second kappa shape index (κ2) is 3.83. The zero-order valence-corrected chi connectivity index (χ0v) is 8.50. The molecule has 0 bridgehead atoms. The quantitative estimate of drug-likeness (QED) is 0.648. The summed E-state index contributed by atoms with van der Waals surface area (Å²) in [7, 11) is 0. The monoisotopic (exact) mass is 180 g/mol. The summed E-state index contributed by atoms with van der Waals surface area (Å²) in [6.45, 7) is 2.71. The summed E-state index contributed by atoms with van der Waals surface area (Å²) in [5.74, 6) is 2.10. The Hall–Kier alpha value is -0.300. The summed E-state index contributed by atoms with van der Waals surface area (Å²) in [6, 6.07) is 0. The summed E-state index contributed by atoms with van der Waals surface area (Å²) in [4.78, 5) is 0. The Bertz CT molecular complexity index is 207. The van der Waals surface area contributed by atoms with E-state index in [0.29, 0.717) is 18.4 Å². The molecule has 0 aliphatic heterocycles. The Balaban J connectivity index is 2.01. The van der Waals surface area contributed by atoms with Gasteiger partial charge in [0.15, 0.2) is 0 Å². The molecule has 74 valence electrons. The highest BCUT2D eigenvalue weighted by Gasteiger charge is 2.34. The first-order valence-electron chi connectivity index (χ1n) is 5.62. The van der Waals surface area contributed by atoms with Crippen LogP contribution in [-0.4, -0.2) is 11.7 Å². The molecule has 0 radical (unpaired) electrons. The molecule has 1 fully saturated rings. The highest BCUT2D eigenvalue weighted by Crippen LogP contribution is 2.43. The minimum Gasteiger partial charge on any atom is -0.396 e. The third kappa shape index (κ3) is 1.67. The third-order valence-corrected chi connectivity index (χ3v) is 4.01. The smallest absolute Gasteiger partial charge is 0.0462 e. The molecule has 0 aromatic heterocycles. The van der Waals surface area contributed by atoms with Gasteiger partial charge in [0.1, 0.15) is 0 Å². The van der Waals surface area contributed by atoms with Crippen molar-refractivity contribution in [1.82, 2.24) is 0 Å². The van der Waals surface area contributed by atoms with E-state index in [4.69, 9.17) is 0 Å². The van der Waals surface area contributed by atoms with Crippen molar-refractivity contribution in [3.8, 4) is 0 Å². The lowest BCUT2D eigenvalue weighted by molar-refractivity contribution is 0.193. The van der Waals surface area contributed by atoms with Crippen LogP contribution >= 0.6 is 0 Å². The molecule has 1 saturated carbocycles. The highest BCUT2D eigenvalue weighted by molar-refractivity contribution is 5.14. The first-order valence-corrected chi connectivity index (χ1v) is 5.62. The van der Waals surface area contributed by atoms with Crippen molar-refractivity contribution < 1.29 is 5.11 Å². The average Bonchev–Trinajstić information content (AvgIpc) is 2.72. The molecule has 13 heavy (non-hydrogen) atoms. The van der Waals surface area contributed by atoms with Gasteiger partial charge in [-0.15, -0.1) is 0 Å². The van der Waals surface area contributed by atoms with Gasteiger partial charge in [0, 0.05) is 6.61 Å². The highest BCUT2D eigenvalue weighted by atomic mass is 16.3. The standard InChI is InChI=1S/C12H20O/c1-9-11(8-13)6-7-12(9)10-4-2-3-5-10/h4,9,11-13H,2-3,5-8H2,1H3. The van der Waals surface area contributed by atoms with Gasteiger partial charge >= 0.3 is 0 Å². The summed E-state index contributed by atoms with van der Waals surface area (Å²) >= 11 is 0. The molecule has 3 unspecified atom stereocenters. The zero-order valence-electron chi connectivity index (χ0n) is 8.50. The van der Waals surface area contributed by atoms with E-state index in [1.54, 1.807) is 5.57 Å². The number of rotatable bonds is 2. The molecule has 0 saturated heterocycles. The average molecular weight is 180 g/mol. The van der Waals surface area contributed by atoms with Crippen molar-refractivity contribution >= 4 is 0 Å². The van der Waals surface area contributed by atoms with Crippen LogP contribution in [0.4, 0.5) is 0 Å². The van der Waals surface area contributed by atoms with E-state index >= 15 is 0 Å². The maximum Gasteiger partial charge on any atom is 0.0462 e. The lowest BCUT2D eigenvalue weighted by atomic mass is 9.86. The van der Waals surface area contributed by atoms with Gasteiger partial charge in [-0.05, 0) is 49.9 Å². The van der Waals surface area contributed by atoms with Gasteiger partial charge in [-0.2, -0.15) is 0 Å². The lowest BCUT2D eigenvalue weighted by Gasteiger charge is -2.20. The van der Waals surface area contributed by atoms with Crippen molar-refractivity contribution in [2.45, 2.75) is 39.0 Å². The third-order valence-electron chi connectivity index (χ3n) is 4.01. The molecule has 0 heterocycles. The van der Waals surface area contributed by atoms with Crippen molar-refractivity contribution in [3.05, 3.63) is 11.6 Å². The first kappa shape index (κ1) is 9.26. The van der Waals surface area contributed by atoms with Gasteiger partial charge < -0.3 is 5.11 Å². The number of aliphatic hydroxyl groups is 1. The minimum absolute atomic E-state index is 0.394. The second-order valence-corrected chi connectivity index (χ2v) is 4.66. The van der Waals surface area contributed by atoms with Gasteiger partial charge in [0.25, 0.3) is 0 Å². The second-order valence-electron chi connectivity index (χ2n) is 4.66. The molecule has 0 aromatic carbocycles. The van der Waals surface area contributed by atoms with Gasteiger partial charge in [-0.25, -0.2) is 0 Å². The predicted molar refractivity (Wildman–Crippen MR) is 54.4 cm³/mol. The molecule has 1 heteroatoms. The number of aliphatic hydroxyl groups excluding tert-OH is 1. The van der Waals surface area contributed by atoms with Crippen LogP contribution in [0.5, 0.6) is 0 Å². The summed E-state index contributed by atoms with van der Waals surface area (Å²) in [5.41, 5.74) is 1.70. The molecule has 2 aliphatic carbocycles. The number of hydrogen-bond donors (Lipinski definition) is 1. The zero-order chi connectivity index (χ0) is 9.26. The predicted octanol–water partition coefficient (Wildman–Crippen LogP) is 2.75. The topological polar surface area (TPSA) is 20.2 Å². The lowest BCUT2D eigenvalue weighted by Crippen LogP contribution is -2.15. The van der Waals surface area contributed by atoms with Crippen LogP contribution in [-0.2, 0) is 0 Å². The molecule has 0 aromatic rings. The Kier molecular flexibility index (Phi) is 2.73. The minimum atomic E-state index is 0.394. The van der Waals surface area contributed by atoms with Gasteiger partial charge in [-0.3, -0.25) is 0 Å². The molecule has 2 aliphatic rings. The molecule has 1 N–H and O–H groups in total. The Morgan fingerprint density at radius 2 is 2.31 bits per heavy atom. The Morgan fingerprint density at radius 3 is 2.85 bits per heavy atom. The van der Waals surface area contributed by atoms with Crippen LogP contribution in [0.15, 0.2) is 11.6 Å². The van der Waals surface area contributed by atoms with E-state index in [2.05, 4.69) is 13.0 Å². The van der Waals surface area contributed by atoms with Crippen LogP contribution in [0.25, 0.3) is 0 Å². The summed E-state index contributed by atoms with van der Waals surface area (Å²) in [6.07, 6.45) is 8.98. The molecule has 2 rings (SSSR count). The maximum atomic E-state index is 9.18. The SMILES string of the molecule is CC1C(CO)CCC1C1=CCCC1. The van der Waals surface area contributed by atoms with E-state index in [1.165, 1.54) is 32.1 Å². The van der Waals surface area contributed by atoms with Crippen LogP contribution < -0.4 is 0 Å². The fourth-order valence-corrected chi connectivity index (χ4v) is 3.06. The van der Waals surface area contributed by atoms with E-state index in [1.807, 2.05) is 0 Å². The fourth-order valence-electron chi connectivity index (χ4n) is 3.06. The molecule has 0 amide bonds. The van der Waals surface area contributed by atoms with Gasteiger partial charge in [-0.1, -0.05) is 18.6 Å². The molecule has 3 atom stereocenters. The van der Waals surface area contributed by atoms with Crippen molar-refractivity contribution in [3.63, 3.8) is 0 Å². The molecular weight excluding hydrogens is 160 g/mol. The largest absolute Gasteiger partial charge is 0.396 e. The normalized spacial score (nSPS) is 39.5. The van der Waals surface area contributed by atoms with Crippen molar-refractivity contribution in [2.75, 3.05) is 6.61 Å². The Labute approximate surface area is 80.8 Å². The van der Waals surface area contributed by atoms with E-state index in [0.717, 1.165) is 5.92 Å². The van der Waals surface area contributed by atoms with Gasteiger partial charge in [0.2, 0.25) is 0 Å². The van der Waals surface area contributed by atoms with Crippen molar-refractivity contribution in [2.24, 2.45) is 17.8 Å². The summed E-state index contributed by atoms with van der Waals surface area (Å²) < 4.78 is 0. The van der Waals surface area contributed by atoms with Gasteiger partial charge in [0.05, 0.1) is 0 Å². The fraction of sp³-hybridized carbons (Fsp3) is 0.833. The van der Waals surface area contributed by atoms with E-state index < -0.39 is 0 Å². The van der Waals surface area contributed by atoms with E-state index in [-0.39, 0.29) is 0 Å². The van der Waals surface area contributed by atoms with Crippen molar-refractivity contribution in [1.29, 1.82) is 0 Å². The summed E-state index contributed by atoms with van der Waals surface area (Å²) in [5, 5.41) is 9.18. The number of allylic oxidation sites excluding steroid dienone is 2. The molecule has 0 spiro atoms. The Morgan fingerprint density at radius 1 is 1.46 bits per heavy atom. The maximum absolute atomic E-state index is 9.18.